The molecule has 1 atom stereocenters. The predicted octanol–water partition coefficient (Wildman–Crippen LogP) is -0.294. The summed E-state index contributed by atoms with van der Waals surface area (Å²) >= 11 is 0. The number of hydrogen-bond acceptors (Lipinski definition) is 4. The molecule has 1 aliphatic rings. The minimum Gasteiger partial charge on any atom is -0.466 e. The Morgan fingerprint density at radius 1 is 1.75 bits per heavy atom. The topological polar surface area (TPSA) is 55.6 Å². The van der Waals surface area contributed by atoms with Crippen molar-refractivity contribution in [3.8, 4) is 0 Å². The Bertz CT molecular complexity index is 191. The predicted molar refractivity (Wildman–Crippen MR) is 45.3 cm³/mol. The number of hydrogen-bond donors (Lipinski definition) is 1. The summed E-state index contributed by atoms with van der Waals surface area (Å²) in [4.78, 5) is 12.7. The van der Waals surface area contributed by atoms with E-state index in [4.69, 9.17) is 5.73 Å². The molecule has 1 aliphatic heterocycles. The van der Waals surface area contributed by atoms with Crippen LogP contribution in [0.4, 0.5) is 0 Å². The fourth-order valence-corrected chi connectivity index (χ4v) is 1.19. The van der Waals surface area contributed by atoms with Crippen LogP contribution in [0, 0.1) is 0 Å². The summed E-state index contributed by atoms with van der Waals surface area (Å²) in [7, 11) is 1.36. The van der Waals surface area contributed by atoms with Gasteiger partial charge >= 0.3 is 5.97 Å². The third kappa shape index (κ3) is 2.54. The van der Waals surface area contributed by atoms with Gasteiger partial charge in [0.1, 0.15) is 0 Å². The van der Waals surface area contributed by atoms with E-state index in [1.54, 1.807) is 6.20 Å². The lowest BCUT2D eigenvalue weighted by atomic mass is 10.3. The van der Waals surface area contributed by atoms with Crippen LogP contribution in [0.3, 0.4) is 0 Å². The van der Waals surface area contributed by atoms with Gasteiger partial charge in [0.15, 0.2) is 0 Å². The molecule has 1 heterocycles. The molecule has 4 heteroatoms. The van der Waals surface area contributed by atoms with Crippen molar-refractivity contribution in [1.29, 1.82) is 0 Å². The number of carbonyl (C=O) groups is 1. The second-order valence-electron chi connectivity index (χ2n) is 2.88. The van der Waals surface area contributed by atoms with E-state index in [2.05, 4.69) is 4.74 Å². The number of nitrogens with zero attached hydrogens (tertiary/aromatic N) is 1. The van der Waals surface area contributed by atoms with Crippen LogP contribution in [0.25, 0.3) is 0 Å². The first-order valence-electron chi connectivity index (χ1n) is 3.98. The molecule has 0 radical (unpaired) electrons. The van der Waals surface area contributed by atoms with E-state index in [1.807, 2.05) is 4.90 Å². The molecular weight excluding hydrogens is 156 g/mol. The average molecular weight is 170 g/mol. The Morgan fingerprint density at radius 3 is 3.00 bits per heavy atom. The average Bonchev–Trinajstić information content (AvgIpc) is 2.47. The fraction of sp³-hybridized carbons (Fsp3) is 0.625. The number of nitrogens with two attached hydrogens (primary N) is 1. The quantitative estimate of drug-likeness (QED) is 0.457. The van der Waals surface area contributed by atoms with Crippen molar-refractivity contribution in [1.82, 2.24) is 4.90 Å². The van der Waals surface area contributed by atoms with E-state index in [9.17, 15) is 4.79 Å². The second kappa shape index (κ2) is 4.11. The van der Waals surface area contributed by atoms with Gasteiger partial charge in [0.2, 0.25) is 0 Å². The number of esters is 1. The Labute approximate surface area is 72.0 Å². The van der Waals surface area contributed by atoms with Crippen molar-refractivity contribution < 1.29 is 9.53 Å². The van der Waals surface area contributed by atoms with Crippen LogP contribution < -0.4 is 5.73 Å². The van der Waals surface area contributed by atoms with Gasteiger partial charge in [0.25, 0.3) is 0 Å². The molecule has 0 amide bonds. The van der Waals surface area contributed by atoms with Gasteiger partial charge in [-0.05, 0) is 6.42 Å². The summed E-state index contributed by atoms with van der Waals surface area (Å²) in [5.41, 5.74) is 5.67. The van der Waals surface area contributed by atoms with E-state index in [1.165, 1.54) is 13.2 Å². The van der Waals surface area contributed by atoms with Crippen molar-refractivity contribution in [3.63, 3.8) is 0 Å². The molecule has 0 bridgehead atoms. The van der Waals surface area contributed by atoms with Crippen LogP contribution in [0.1, 0.15) is 6.42 Å². The van der Waals surface area contributed by atoms with Crippen LogP contribution in [0.15, 0.2) is 12.3 Å². The lowest BCUT2D eigenvalue weighted by Gasteiger charge is -2.10. The van der Waals surface area contributed by atoms with Gasteiger partial charge in [0, 0.05) is 31.4 Å². The van der Waals surface area contributed by atoms with Crippen LogP contribution in [0.2, 0.25) is 0 Å². The molecule has 0 spiro atoms. The summed E-state index contributed by atoms with van der Waals surface area (Å²) < 4.78 is 4.45. The van der Waals surface area contributed by atoms with Gasteiger partial charge in [-0.2, -0.15) is 0 Å². The molecule has 68 valence electrons. The van der Waals surface area contributed by atoms with E-state index < -0.39 is 0 Å². The lowest BCUT2D eigenvalue weighted by molar-refractivity contribution is -0.134. The van der Waals surface area contributed by atoms with E-state index >= 15 is 0 Å². The lowest BCUT2D eigenvalue weighted by Crippen LogP contribution is -2.23. The third-order valence-electron chi connectivity index (χ3n) is 1.88. The SMILES string of the molecule is COC(=O)C=CN1CCC(N)C1. The van der Waals surface area contributed by atoms with Crippen molar-refractivity contribution in [2.45, 2.75) is 12.5 Å². The molecule has 1 unspecified atom stereocenters. The van der Waals surface area contributed by atoms with Crippen molar-refractivity contribution in [2.24, 2.45) is 5.73 Å². The van der Waals surface area contributed by atoms with Crippen LogP contribution in [-0.4, -0.2) is 37.1 Å². The van der Waals surface area contributed by atoms with Crippen molar-refractivity contribution in [2.75, 3.05) is 20.2 Å². The molecule has 0 aromatic heterocycles. The summed E-state index contributed by atoms with van der Waals surface area (Å²) in [5, 5.41) is 0. The maximum absolute atomic E-state index is 10.7. The first kappa shape index (κ1) is 9.06. The molecule has 0 aliphatic carbocycles. The largest absolute Gasteiger partial charge is 0.466 e. The van der Waals surface area contributed by atoms with Crippen molar-refractivity contribution in [3.05, 3.63) is 12.3 Å². The summed E-state index contributed by atoms with van der Waals surface area (Å²) in [5.74, 6) is -0.324. The molecule has 2 N–H and O–H groups in total. The highest BCUT2D eigenvalue weighted by atomic mass is 16.5. The van der Waals surface area contributed by atoms with Gasteiger partial charge < -0.3 is 15.4 Å². The zero-order chi connectivity index (χ0) is 8.97. The van der Waals surface area contributed by atoms with Crippen molar-refractivity contribution >= 4 is 5.97 Å². The molecule has 1 saturated heterocycles. The Kier molecular flexibility index (Phi) is 3.10. The third-order valence-corrected chi connectivity index (χ3v) is 1.88. The first-order valence-corrected chi connectivity index (χ1v) is 3.98. The number of likely N-dealkylation sites (tertiary alicyclic amines) is 1. The minimum atomic E-state index is -0.324. The zero-order valence-corrected chi connectivity index (χ0v) is 7.19. The molecule has 1 rings (SSSR count). The summed E-state index contributed by atoms with van der Waals surface area (Å²) in [6.07, 6.45) is 4.14. The Hall–Kier alpha value is -1.03. The van der Waals surface area contributed by atoms with Gasteiger partial charge in [0.05, 0.1) is 7.11 Å². The first-order chi connectivity index (χ1) is 5.72. The molecule has 12 heavy (non-hydrogen) atoms. The number of methoxy groups -OCH3 is 1. The van der Waals surface area contributed by atoms with Crippen LogP contribution in [0.5, 0.6) is 0 Å². The number of rotatable bonds is 2. The Morgan fingerprint density at radius 2 is 2.50 bits per heavy atom. The zero-order valence-electron chi connectivity index (χ0n) is 7.19. The monoisotopic (exact) mass is 170 g/mol. The summed E-state index contributed by atoms with van der Waals surface area (Å²) in [6, 6.07) is 0.243. The molecule has 4 nitrogen and oxygen atoms in total. The molecular formula is C8H14N2O2. The van der Waals surface area contributed by atoms with E-state index in [-0.39, 0.29) is 12.0 Å². The minimum absolute atomic E-state index is 0.243. The normalized spacial score (nSPS) is 23.5. The van der Waals surface area contributed by atoms with E-state index in [0.717, 1.165) is 19.5 Å². The highest BCUT2D eigenvalue weighted by molar-refractivity contribution is 5.81. The van der Waals surface area contributed by atoms with E-state index in [0.29, 0.717) is 0 Å². The smallest absolute Gasteiger partial charge is 0.331 e. The number of carbonyl (C=O) groups excluding carboxylic acids is 1. The molecule has 0 aromatic carbocycles. The highest BCUT2D eigenvalue weighted by Gasteiger charge is 2.15. The van der Waals surface area contributed by atoms with Gasteiger partial charge in [-0.15, -0.1) is 0 Å². The molecule has 0 saturated carbocycles. The van der Waals surface area contributed by atoms with Gasteiger partial charge in [-0.25, -0.2) is 4.79 Å². The molecule has 1 fully saturated rings. The number of ether oxygens (including phenoxy) is 1. The standard InChI is InChI=1S/C8H14N2O2/c1-12-8(11)3-5-10-4-2-7(9)6-10/h3,5,7H,2,4,6,9H2,1H3. The van der Waals surface area contributed by atoms with Crippen LogP contribution >= 0.6 is 0 Å². The van der Waals surface area contributed by atoms with Gasteiger partial charge in [-0.1, -0.05) is 0 Å². The maximum Gasteiger partial charge on any atom is 0.331 e. The Balaban J connectivity index is 2.31. The van der Waals surface area contributed by atoms with Crippen LogP contribution in [-0.2, 0) is 9.53 Å². The molecule has 0 aromatic rings. The summed E-state index contributed by atoms with van der Waals surface area (Å²) in [6.45, 7) is 1.75. The van der Waals surface area contributed by atoms with Gasteiger partial charge in [-0.3, -0.25) is 0 Å². The maximum atomic E-state index is 10.7. The highest BCUT2D eigenvalue weighted by Crippen LogP contribution is 2.06. The fourth-order valence-electron chi connectivity index (χ4n) is 1.19. The second-order valence-corrected chi connectivity index (χ2v) is 2.88.